The molecular formula is C38H21F2P. The Labute approximate surface area is 235 Å². The fourth-order valence-corrected chi connectivity index (χ4v) is 9.45. The van der Waals surface area contributed by atoms with Gasteiger partial charge < -0.3 is 0 Å². The van der Waals surface area contributed by atoms with E-state index in [2.05, 4.69) is 109 Å². The van der Waals surface area contributed by atoms with Gasteiger partial charge in [0.05, 0.1) is 0 Å². The number of benzene rings is 9. The van der Waals surface area contributed by atoms with E-state index in [4.69, 9.17) is 0 Å². The molecule has 0 atom stereocenters. The summed E-state index contributed by atoms with van der Waals surface area (Å²) in [5.41, 5.74) is 0. The summed E-state index contributed by atoms with van der Waals surface area (Å²) in [7, 11) is -1.24. The highest BCUT2D eigenvalue weighted by Gasteiger charge is 2.25. The largest absolute Gasteiger partial charge is 0.204 e. The smallest absolute Gasteiger partial charge is 0.159 e. The van der Waals surface area contributed by atoms with E-state index in [9.17, 15) is 8.78 Å². The van der Waals surface area contributed by atoms with Crippen molar-refractivity contribution < 1.29 is 8.78 Å². The molecule has 0 radical (unpaired) electrons. The Morgan fingerprint density at radius 3 is 1.24 bits per heavy atom. The van der Waals surface area contributed by atoms with Gasteiger partial charge in [-0.15, -0.1) is 0 Å². The van der Waals surface area contributed by atoms with E-state index < -0.39 is 19.6 Å². The highest BCUT2D eigenvalue weighted by molar-refractivity contribution is 7.80. The average molecular weight is 547 g/mol. The van der Waals surface area contributed by atoms with Crippen LogP contribution in [-0.4, -0.2) is 0 Å². The molecule has 0 fully saturated rings. The maximum Gasteiger partial charge on any atom is 0.159 e. The molecule has 0 unspecified atom stereocenters. The lowest BCUT2D eigenvalue weighted by Crippen LogP contribution is -2.23. The van der Waals surface area contributed by atoms with E-state index in [1.165, 1.54) is 66.0 Å². The van der Waals surface area contributed by atoms with Crippen LogP contribution in [0.15, 0.2) is 127 Å². The summed E-state index contributed by atoms with van der Waals surface area (Å²) >= 11 is 0. The second kappa shape index (κ2) is 8.43. The van der Waals surface area contributed by atoms with Gasteiger partial charge in [0.15, 0.2) is 11.6 Å². The fourth-order valence-electron chi connectivity index (χ4n) is 6.86. The molecule has 3 heteroatoms. The van der Waals surface area contributed by atoms with Crippen LogP contribution in [-0.2, 0) is 0 Å². The van der Waals surface area contributed by atoms with Gasteiger partial charge in [-0.25, -0.2) is 8.78 Å². The van der Waals surface area contributed by atoms with Crippen LogP contribution in [0.5, 0.6) is 0 Å². The van der Waals surface area contributed by atoms with E-state index in [-0.39, 0.29) is 0 Å². The van der Waals surface area contributed by atoms with Crippen molar-refractivity contribution in [2.75, 3.05) is 0 Å². The van der Waals surface area contributed by atoms with Gasteiger partial charge in [0.25, 0.3) is 0 Å². The Morgan fingerprint density at radius 2 is 0.780 bits per heavy atom. The van der Waals surface area contributed by atoms with Crippen molar-refractivity contribution in [1.82, 2.24) is 0 Å². The van der Waals surface area contributed by atoms with Crippen molar-refractivity contribution in [3.8, 4) is 0 Å². The second-order valence-electron chi connectivity index (χ2n) is 10.8. The maximum absolute atomic E-state index is 14.9. The third-order valence-corrected chi connectivity index (χ3v) is 11.2. The molecule has 0 saturated carbocycles. The summed E-state index contributed by atoms with van der Waals surface area (Å²) in [5, 5.41) is 17.6. The first-order valence-corrected chi connectivity index (χ1v) is 15.1. The third kappa shape index (κ3) is 3.23. The molecule has 0 N–H and O–H groups in total. The monoisotopic (exact) mass is 546 g/mol. The van der Waals surface area contributed by atoms with E-state index in [1.807, 2.05) is 0 Å². The predicted molar refractivity (Wildman–Crippen MR) is 172 cm³/mol. The Kier molecular flexibility index (Phi) is 4.75. The summed E-state index contributed by atoms with van der Waals surface area (Å²) in [6, 6.07) is 43.6. The lowest BCUT2D eigenvalue weighted by atomic mass is 9.94. The van der Waals surface area contributed by atoms with Crippen LogP contribution in [0.4, 0.5) is 8.78 Å². The van der Waals surface area contributed by atoms with Crippen LogP contribution in [0.1, 0.15) is 0 Å². The molecule has 0 saturated heterocycles. The average Bonchev–Trinajstić information content (AvgIpc) is 3.01. The van der Waals surface area contributed by atoms with Crippen LogP contribution in [0.3, 0.4) is 0 Å². The van der Waals surface area contributed by atoms with Crippen LogP contribution in [0.2, 0.25) is 0 Å². The number of hydrogen-bond acceptors (Lipinski definition) is 0. The van der Waals surface area contributed by atoms with Gasteiger partial charge in [-0.05, 0) is 101 Å². The highest BCUT2D eigenvalue weighted by Crippen LogP contribution is 2.44. The van der Waals surface area contributed by atoms with Gasteiger partial charge in [-0.2, -0.15) is 0 Å². The number of halogens is 2. The van der Waals surface area contributed by atoms with E-state index in [0.29, 0.717) is 0 Å². The molecule has 0 aromatic heterocycles. The molecular weight excluding hydrogens is 525 g/mol. The molecule has 41 heavy (non-hydrogen) atoms. The molecule has 9 rings (SSSR count). The first-order valence-electron chi connectivity index (χ1n) is 13.7. The topological polar surface area (TPSA) is 0 Å². The van der Waals surface area contributed by atoms with Crippen LogP contribution >= 0.6 is 7.92 Å². The summed E-state index contributed by atoms with van der Waals surface area (Å²) in [6.07, 6.45) is 0. The van der Waals surface area contributed by atoms with Gasteiger partial charge in [0, 0.05) is 0 Å². The summed E-state index contributed by atoms with van der Waals surface area (Å²) in [6.45, 7) is 0. The zero-order valence-electron chi connectivity index (χ0n) is 21.8. The first kappa shape index (κ1) is 23.1. The molecule has 0 spiro atoms. The minimum Gasteiger partial charge on any atom is -0.204 e. The van der Waals surface area contributed by atoms with E-state index >= 15 is 0 Å². The van der Waals surface area contributed by atoms with Gasteiger partial charge >= 0.3 is 0 Å². The Morgan fingerprint density at radius 1 is 0.366 bits per heavy atom. The van der Waals surface area contributed by atoms with Crippen molar-refractivity contribution in [2.24, 2.45) is 0 Å². The fraction of sp³-hybridized carbons (Fsp3) is 0. The SMILES string of the molecule is Fc1ccc(P(c2ccc3ccc4cccc5ccc2c3c45)c2ccc3ccc4cccc5ccc2c3c45)cc1F. The molecule has 9 aromatic carbocycles. The molecule has 0 aliphatic heterocycles. The zero-order valence-corrected chi connectivity index (χ0v) is 22.7. The summed E-state index contributed by atoms with van der Waals surface area (Å²) < 4.78 is 29.1. The van der Waals surface area contributed by atoms with Crippen molar-refractivity contribution in [3.63, 3.8) is 0 Å². The quantitative estimate of drug-likeness (QED) is 0.153. The Balaban J connectivity index is 1.43. The lowest BCUT2D eigenvalue weighted by molar-refractivity contribution is 0.509. The predicted octanol–water partition coefficient (Wildman–Crippen LogP) is 9.52. The first-order chi connectivity index (χ1) is 20.2. The van der Waals surface area contributed by atoms with E-state index in [1.54, 1.807) is 6.07 Å². The van der Waals surface area contributed by atoms with Crippen molar-refractivity contribution in [1.29, 1.82) is 0 Å². The van der Waals surface area contributed by atoms with Crippen LogP contribution < -0.4 is 15.9 Å². The molecule has 0 nitrogen and oxygen atoms in total. The van der Waals surface area contributed by atoms with E-state index in [0.717, 1.165) is 26.7 Å². The van der Waals surface area contributed by atoms with Gasteiger partial charge in [-0.1, -0.05) is 115 Å². The normalized spacial score (nSPS) is 12.4. The molecule has 0 bridgehead atoms. The van der Waals surface area contributed by atoms with Crippen LogP contribution in [0.25, 0.3) is 64.6 Å². The van der Waals surface area contributed by atoms with Crippen LogP contribution in [0, 0.1) is 11.6 Å². The second-order valence-corrected chi connectivity index (χ2v) is 13.0. The van der Waals surface area contributed by atoms with Gasteiger partial charge in [0.1, 0.15) is 0 Å². The molecule has 9 aromatic rings. The zero-order chi connectivity index (χ0) is 27.2. The molecule has 192 valence electrons. The molecule has 0 aliphatic rings. The summed E-state index contributed by atoms with van der Waals surface area (Å²) in [4.78, 5) is 0. The van der Waals surface area contributed by atoms with Gasteiger partial charge in [-0.3, -0.25) is 0 Å². The number of rotatable bonds is 3. The number of hydrogen-bond donors (Lipinski definition) is 0. The molecule has 0 amide bonds. The Hall–Kier alpha value is -4.65. The van der Waals surface area contributed by atoms with Crippen molar-refractivity contribution in [2.45, 2.75) is 0 Å². The third-order valence-electron chi connectivity index (χ3n) is 8.65. The van der Waals surface area contributed by atoms with Gasteiger partial charge in [0.2, 0.25) is 0 Å². The highest BCUT2D eigenvalue weighted by atomic mass is 31.1. The maximum atomic E-state index is 14.9. The Bertz CT molecular complexity index is 2280. The molecule has 0 heterocycles. The molecule has 0 aliphatic carbocycles. The summed E-state index contributed by atoms with van der Waals surface area (Å²) in [5.74, 6) is -1.64. The standard InChI is InChI=1S/C38H21F2P/c39-31-18-15-28(21-32(31)40)41(33-19-13-26-9-7-22-3-1-5-24-11-16-29(33)37(26)35(22)24)34-20-14-27-10-8-23-4-2-6-25-12-17-30(34)38(27)36(23)25/h1-21H. The van der Waals surface area contributed by atoms with Crippen molar-refractivity contribution in [3.05, 3.63) is 139 Å². The lowest BCUT2D eigenvalue weighted by Gasteiger charge is -2.25. The minimum absolute atomic E-state index is 0.795. The van der Waals surface area contributed by atoms with Crippen molar-refractivity contribution >= 4 is 88.5 Å². The minimum atomic E-state index is -1.24.